The van der Waals surface area contributed by atoms with E-state index in [1.807, 2.05) is 49.4 Å². The fourth-order valence-corrected chi connectivity index (χ4v) is 6.11. The molecule has 1 saturated heterocycles. The van der Waals surface area contributed by atoms with Gasteiger partial charge in [-0.2, -0.15) is 13.2 Å². The molecule has 0 spiro atoms. The Morgan fingerprint density at radius 2 is 1.66 bits per heavy atom. The van der Waals surface area contributed by atoms with E-state index in [4.69, 9.17) is 14.2 Å². The van der Waals surface area contributed by atoms with Crippen molar-refractivity contribution in [3.05, 3.63) is 126 Å². The predicted molar refractivity (Wildman–Crippen MR) is 183 cm³/mol. The molecule has 0 radical (unpaired) electrons. The minimum Gasteiger partial charge on any atom is -0.497 e. The second-order valence-electron chi connectivity index (χ2n) is 12.2. The first-order chi connectivity index (χ1) is 24.0. The van der Waals surface area contributed by atoms with Crippen LogP contribution in [0.15, 0.2) is 103 Å². The lowest BCUT2D eigenvalue weighted by Crippen LogP contribution is -2.58. The van der Waals surface area contributed by atoms with Crippen molar-refractivity contribution in [2.45, 2.75) is 32.3 Å². The number of hydrogen-bond donors (Lipinski definition) is 0. The summed E-state index contributed by atoms with van der Waals surface area (Å²) in [6, 6.07) is 26.7. The van der Waals surface area contributed by atoms with Gasteiger partial charge in [-0.05, 0) is 48.4 Å². The van der Waals surface area contributed by atoms with Gasteiger partial charge in [0.1, 0.15) is 18.1 Å². The van der Waals surface area contributed by atoms with Crippen LogP contribution in [0.3, 0.4) is 0 Å². The van der Waals surface area contributed by atoms with E-state index in [9.17, 15) is 22.8 Å². The van der Waals surface area contributed by atoms with Crippen molar-refractivity contribution in [2.24, 2.45) is 5.92 Å². The van der Waals surface area contributed by atoms with E-state index >= 15 is 0 Å². The molecular weight excluding hydrogens is 647 g/mol. The number of alkyl halides is 3. The van der Waals surface area contributed by atoms with Crippen molar-refractivity contribution in [3.8, 4) is 22.6 Å². The Balaban J connectivity index is 1.25. The van der Waals surface area contributed by atoms with Gasteiger partial charge in [-0.15, -0.1) is 0 Å². The summed E-state index contributed by atoms with van der Waals surface area (Å²) < 4.78 is 56.0. The van der Waals surface area contributed by atoms with E-state index in [-0.39, 0.29) is 31.0 Å². The van der Waals surface area contributed by atoms with Crippen LogP contribution in [0.25, 0.3) is 22.0 Å². The smallest absolute Gasteiger partial charge is 0.416 e. The summed E-state index contributed by atoms with van der Waals surface area (Å²) in [6.07, 6.45) is -3.35. The van der Waals surface area contributed by atoms with E-state index in [0.29, 0.717) is 52.2 Å². The summed E-state index contributed by atoms with van der Waals surface area (Å²) in [5.41, 5.74) is 3.07. The van der Waals surface area contributed by atoms with Crippen molar-refractivity contribution >= 4 is 22.9 Å². The molecule has 0 aliphatic carbocycles. The normalized spacial score (nSPS) is 13.8. The number of aromatic nitrogens is 1. The number of pyridine rings is 1. The molecule has 0 bridgehead atoms. The standard InChI is InChI=1S/C39H36F3N3O5/c1-25(31-21-44(22-31)38(47)50-24-26-8-5-4-6-9-26)45(23-29-14-17-33(48-2)19-35(29)49-3)37(46)30-18-28-10-7-11-34(36(28)43-20-30)27-12-15-32(16-13-27)39(40,41)42/h4-20,25,31H,21-24H2,1-3H3/t25-/m1/s1. The molecule has 50 heavy (non-hydrogen) atoms. The van der Waals surface area contributed by atoms with Gasteiger partial charge in [0.2, 0.25) is 0 Å². The molecule has 1 aliphatic rings. The second kappa shape index (κ2) is 14.5. The monoisotopic (exact) mass is 683 g/mol. The molecule has 4 aromatic carbocycles. The van der Waals surface area contributed by atoms with Gasteiger partial charge in [-0.25, -0.2) is 4.79 Å². The summed E-state index contributed by atoms with van der Waals surface area (Å²) in [5, 5.41) is 0.666. The average molecular weight is 684 g/mol. The highest BCUT2D eigenvalue weighted by Gasteiger charge is 2.39. The lowest BCUT2D eigenvalue weighted by molar-refractivity contribution is -0.137. The molecule has 1 fully saturated rings. The second-order valence-corrected chi connectivity index (χ2v) is 12.2. The van der Waals surface area contributed by atoms with Crippen molar-refractivity contribution in [2.75, 3.05) is 27.3 Å². The zero-order valence-corrected chi connectivity index (χ0v) is 27.8. The molecule has 1 aromatic heterocycles. The van der Waals surface area contributed by atoms with Gasteiger partial charge in [-0.1, -0.05) is 60.7 Å². The Labute approximate surface area is 288 Å². The number of methoxy groups -OCH3 is 2. The third-order valence-electron chi connectivity index (χ3n) is 9.12. The maximum absolute atomic E-state index is 14.4. The van der Waals surface area contributed by atoms with Crippen LogP contribution in [0.4, 0.5) is 18.0 Å². The number of hydrogen-bond acceptors (Lipinski definition) is 6. The highest BCUT2D eigenvalue weighted by atomic mass is 19.4. The zero-order valence-electron chi connectivity index (χ0n) is 27.8. The molecule has 0 N–H and O–H groups in total. The summed E-state index contributed by atoms with van der Waals surface area (Å²) in [7, 11) is 3.12. The first kappa shape index (κ1) is 34.3. The van der Waals surface area contributed by atoms with Gasteiger partial charge in [0.05, 0.1) is 30.9 Å². The molecule has 5 aromatic rings. The molecule has 8 nitrogen and oxygen atoms in total. The molecule has 0 saturated carbocycles. The van der Waals surface area contributed by atoms with E-state index in [1.165, 1.54) is 18.3 Å². The van der Waals surface area contributed by atoms with Crippen LogP contribution in [0, 0.1) is 5.92 Å². The Kier molecular flexibility index (Phi) is 9.94. The summed E-state index contributed by atoms with van der Waals surface area (Å²) >= 11 is 0. The number of amides is 2. The largest absolute Gasteiger partial charge is 0.497 e. The minimum atomic E-state index is -4.44. The number of fused-ring (bicyclic) bond motifs is 1. The number of benzene rings is 4. The van der Waals surface area contributed by atoms with E-state index in [2.05, 4.69) is 4.98 Å². The quantitative estimate of drug-likeness (QED) is 0.148. The molecule has 0 unspecified atom stereocenters. The molecule has 6 rings (SSSR count). The Morgan fingerprint density at radius 3 is 2.34 bits per heavy atom. The van der Waals surface area contributed by atoms with E-state index in [1.54, 1.807) is 54.4 Å². The molecule has 258 valence electrons. The fourth-order valence-electron chi connectivity index (χ4n) is 6.11. The minimum absolute atomic E-state index is 0.0212. The molecular formula is C39H36F3N3O5. The number of ether oxygens (including phenoxy) is 3. The zero-order chi connectivity index (χ0) is 35.4. The van der Waals surface area contributed by atoms with Crippen molar-refractivity contribution in [3.63, 3.8) is 0 Å². The van der Waals surface area contributed by atoms with Crippen LogP contribution in [0.1, 0.15) is 34.0 Å². The SMILES string of the molecule is COc1ccc(CN(C(=O)c2cnc3c(-c4ccc(C(F)(F)F)cc4)cccc3c2)[C@H](C)C2CN(C(=O)OCc3ccccc3)C2)c(OC)c1. The lowest BCUT2D eigenvalue weighted by Gasteiger charge is -2.45. The average Bonchev–Trinajstić information content (AvgIpc) is 3.11. The van der Waals surface area contributed by atoms with Crippen LogP contribution >= 0.6 is 0 Å². The van der Waals surface area contributed by atoms with Crippen molar-refractivity contribution in [1.82, 2.24) is 14.8 Å². The third-order valence-corrected chi connectivity index (χ3v) is 9.12. The Morgan fingerprint density at radius 1 is 0.920 bits per heavy atom. The summed E-state index contributed by atoms with van der Waals surface area (Å²) in [4.78, 5) is 35.2. The highest BCUT2D eigenvalue weighted by molar-refractivity contribution is 6.00. The van der Waals surface area contributed by atoms with Crippen LogP contribution in [0.5, 0.6) is 11.5 Å². The maximum Gasteiger partial charge on any atom is 0.416 e. The predicted octanol–water partition coefficient (Wildman–Crippen LogP) is 8.24. The van der Waals surface area contributed by atoms with Gasteiger partial charge in [0, 0.05) is 60.4 Å². The molecule has 2 amide bonds. The number of carbonyl (C=O) groups is 2. The number of para-hydroxylation sites is 1. The van der Waals surface area contributed by atoms with Crippen LogP contribution in [0.2, 0.25) is 0 Å². The van der Waals surface area contributed by atoms with Crippen LogP contribution in [-0.4, -0.2) is 60.1 Å². The van der Waals surface area contributed by atoms with Crippen LogP contribution in [-0.2, 0) is 24.1 Å². The van der Waals surface area contributed by atoms with Crippen molar-refractivity contribution < 1.29 is 37.0 Å². The Hall–Kier alpha value is -5.58. The number of carbonyl (C=O) groups excluding carboxylic acids is 2. The fraction of sp³-hybridized carbons (Fsp3) is 0.256. The van der Waals surface area contributed by atoms with E-state index in [0.717, 1.165) is 23.3 Å². The first-order valence-electron chi connectivity index (χ1n) is 16.1. The van der Waals surface area contributed by atoms with E-state index < -0.39 is 17.8 Å². The van der Waals surface area contributed by atoms with Gasteiger partial charge >= 0.3 is 12.3 Å². The molecule has 2 heterocycles. The van der Waals surface area contributed by atoms with Crippen molar-refractivity contribution in [1.29, 1.82) is 0 Å². The third kappa shape index (κ3) is 7.36. The van der Waals surface area contributed by atoms with Crippen LogP contribution < -0.4 is 9.47 Å². The lowest BCUT2D eigenvalue weighted by atomic mass is 9.91. The number of likely N-dealkylation sites (tertiary alicyclic amines) is 1. The summed E-state index contributed by atoms with van der Waals surface area (Å²) in [5.74, 6) is 0.886. The van der Waals surface area contributed by atoms with Gasteiger partial charge in [0.25, 0.3) is 5.91 Å². The number of nitrogens with zero attached hydrogens (tertiary/aromatic N) is 3. The van der Waals surface area contributed by atoms with Gasteiger partial charge in [0.15, 0.2) is 0 Å². The highest BCUT2D eigenvalue weighted by Crippen LogP contribution is 2.34. The number of rotatable bonds is 10. The van der Waals surface area contributed by atoms with Gasteiger partial charge in [-0.3, -0.25) is 9.78 Å². The number of halogens is 3. The molecule has 11 heteroatoms. The topological polar surface area (TPSA) is 81.2 Å². The molecule has 1 aliphatic heterocycles. The molecule has 1 atom stereocenters. The maximum atomic E-state index is 14.4. The van der Waals surface area contributed by atoms with Gasteiger partial charge < -0.3 is 24.0 Å². The summed E-state index contributed by atoms with van der Waals surface area (Å²) in [6.45, 7) is 3.19. The Bertz CT molecular complexity index is 1980. The first-order valence-corrected chi connectivity index (χ1v) is 16.1.